The highest BCUT2D eigenvalue weighted by Gasteiger charge is 2.23. The van der Waals surface area contributed by atoms with Crippen LogP contribution in [0.4, 0.5) is 5.69 Å². The van der Waals surface area contributed by atoms with Gasteiger partial charge in [0.1, 0.15) is 11.5 Å². The van der Waals surface area contributed by atoms with Crippen molar-refractivity contribution in [2.24, 2.45) is 0 Å². The fraction of sp³-hybridized carbons (Fsp3) is 0.231. The third-order valence-electron chi connectivity index (χ3n) is 5.64. The Morgan fingerprint density at radius 1 is 1.06 bits per heavy atom. The second-order valence-corrected chi connectivity index (χ2v) is 7.62. The van der Waals surface area contributed by atoms with Gasteiger partial charge in [-0.25, -0.2) is 0 Å². The molecule has 32 heavy (non-hydrogen) atoms. The Bertz CT molecular complexity index is 1160. The summed E-state index contributed by atoms with van der Waals surface area (Å²) in [5.74, 6) is 0.969. The van der Waals surface area contributed by atoms with Gasteiger partial charge in [0.25, 0.3) is 11.8 Å². The molecule has 0 atom stereocenters. The summed E-state index contributed by atoms with van der Waals surface area (Å²) in [5.41, 5.74) is 3.63. The van der Waals surface area contributed by atoms with Gasteiger partial charge in [-0.3, -0.25) is 9.59 Å². The summed E-state index contributed by atoms with van der Waals surface area (Å²) in [7, 11) is 0. The Hall–Kier alpha value is -3.64. The topological polar surface area (TPSA) is 74.6 Å². The molecule has 1 aliphatic heterocycles. The average Bonchev–Trinajstić information content (AvgIpc) is 3.41. The Balaban J connectivity index is 1.48. The van der Waals surface area contributed by atoms with Gasteiger partial charge in [0.15, 0.2) is 0 Å². The van der Waals surface area contributed by atoms with E-state index in [1.54, 1.807) is 12.1 Å². The van der Waals surface area contributed by atoms with Gasteiger partial charge in [0.2, 0.25) is 0 Å². The maximum absolute atomic E-state index is 12.6. The van der Waals surface area contributed by atoms with Gasteiger partial charge >= 0.3 is 0 Å². The number of nitrogens with zero attached hydrogens (tertiary/aromatic N) is 1. The molecular weight excluding hydrogens is 402 g/mol. The van der Waals surface area contributed by atoms with E-state index in [1.165, 1.54) is 0 Å². The van der Waals surface area contributed by atoms with Gasteiger partial charge in [-0.1, -0.05) is 44.2 Å². The summed E-state index contributed by atoms with van der Waals surface area (Å²) in [4.78, 5) is 27.2. The Kier molecular flexibility index (Phi) is 6.52. The molecule has 6 heteroatoms. The average molecular weight is 430 g/mol. The van der Waals surface area contributed by atoms with Gasteiger partial charge in [-0.05, 0) is 49.5 Å². The van der Waals surface area contributed by atoms with Crippen molar-refractivity contribution in [2.45, 2.75) is 13.8 Å². The number of anilines is 1. The molecule has 0 unspecified atom stereocenters. The van der Waals surface area contributed by atoms with Crippen LogP contribution in [0.15, 0.2) is 65.1 Å². The zero-order valence-electron chi connectivity index (χ0n) is 18.4. The third-order valence-corrected chi connectivity index (χ3v) is 5.64. The molecule has 6 nitrogen and oxygen atoms in total. The first-order valence-electron chi connectivity index (χ1n) is 10.9. The molecule has 2 heterocycles. The lowest BCUT2D eigenvalue weighted by Crippen LogP contribution is -2.34. The number of furan rings is 1. The Morgan fingerprint density at radius 2 is 1.88 bits per heavy atom. The van der Waals surface area contributed by atoms with E-state index < -0.39 is 0 Å². The smallest absolute Gasteiger partial charge is 0.256 e. The first-order chi connectivity index (χ1) is 15.6. The molecule has 164 valence electrons. The molecule has 2 amide bonds. The summed E-state index contributed by atoms with van der Waals surface area (Å²) in [6.07, 6.45) is 1.74. The predicted molar refractivity (Wildman–Crippen MR) is 127 cm³/mol. The van der Waals surface area contributed by atoms with Crippen LogP contribution in [0.3, 0.4) is 0 Å². The molecule has 1 aliphatic rings. The monoisotopic (exact) mass is 429 g/mol. The molecule has 1 aromatic heterocycles. The summed E-state index contributed by atoms with van der Waals surface area (Å²) in [6.45, 7) is 7.58. The van der Waals surface area contributed by atoms with E-state index in [4.69, 9.17) is 4.42 Å². The number of amides is 2. The zero-order chi connectivity index (χ0) is 22.5. The van der Waals surface area contributed by atoms with Gasteiger partial charge < -0.3 is 20.0 Å². The van der Waals surface area contributed by atoms with Gasteiger partial charge in [-0.2, -0.15) is 0 Å². The van der Waals surface area contributed by atoms with E-state index in [1.807, 2.05) is 54.6 Å². The van der Waals surface area contributed by atoms with Crippen molar-refractivity contribution in [2.75, 3.05) is 31.5 Å². The molecular formula is C26H27N3O3. The number of para-hydroxylation sites is 1. The van der Waals surface area contributed by atoms with E-state index in [0.717, 1.165) is 36.4 Å². The van der Waals surface area contributed by atoms with Crippen LogP contribution >= 0.6 is 0 Å². The lowest BCUT2D eigenvalue weighted by Gasteiger charge is -2.18. The van der Waals surface area contributed by atoms with Crippen molar-refractivity contribution in [3.63, 3.8) is 0 Å². The van der Waals surface area contributed by atoms with Gasteiger partial charge in [0.05, 0.1) is 5.57 Å². The molecule has 0 spiro atoms. The SMILES string of the molecule is CCN(CC)CCNC(=O)c1cccc(-c2ccc(C=C3C(=O)Nc4ccccc43)o2)c1. The number of fused-ring (bicyclic) bond motifs is 1. The Labute approximate surface area is 187 Å². The summed E-state index contributed by atoms with van der Waals surface area (Å²) >= 11 is 0. The van der Waals surface area contributed by atoms with E-state index in [9.17, 15) is 9.59 Å². The maximum Gasteiger partial charge on any atom is 0.256 e. The molecule has 0 fully saturated rings. The van der Waals surface area contributed by atoms with Crippen LogP contribution in [0.25, 0.3) is 23.0 Å². The first kappa shape index (κ1) is 21.6. The molecule has 0 aliphatic carbocycles. The van der Waals surface area contributed by atoms with Gasteiger partial charge in [0, 0.05) is 35.5 Å². The van der Waals surface area contributed by atoms with Crippen molar-refractivity contribution in [1.82, 2.24) is 10.2 Å². The third kappa shape index (κ3) is 4.65. The normalized spacial score (nSPS) is 14.0. The van der Waals surface area contributed by atoms with Crippen LogP contribution in [0.5, 0.6) is 0 Å². The molecule has 0 saturated carbocycles. The van der Waals surface area contributed by atoms with Crippen molar-refractivity contribution >= 4 is 29.2 Å². The number of rotatable bonds is 8. The number of benzene rings is 2. The molecule has 2 aromatic carbocycles. The first-order valence-corrected chi connectivity index (χ1v) is 10.9. The van der Waals surface area contributed by atoms with Crippen molar-refractivity contribution < 1.29 is 14.0 Å². The standard InChI is InChI=1S/C26H27N3O3/c1-3-29(4-2)15-14-27-25(30)19-9-7-8-18(16-19)24-13-12-20(32-24)17-22-21-10-5-6-11-23(21)28-26(22)31/h5-13,16-17H,3-4,14-15H2,1-2H3,(H,27,30)(H,28,31). The molecule has 3 aromatic rings. The summed E-state index contributed by atoms with van der Waals surface area (Å²) < 4.78 is 5.98. The minimum atomic E-state index is -0.146. The molecule has 0 radical (unpaired) electrons. The maximum atomic E-state index is 12.6. The van der Waals surface area contributed by atoms with Crippen LogP contribution in [-0.4, -0.2) is 42.9 Å². The van der Waals surface area contributed by atoms with Crippen molar-refractivity contribution in [3.05, 3.63) is 77.6 Å². The van der Waals surface area contributed by atoms with Crippen LogP contribution in [-0.2, 0) is 4.79 Å². The van der Waals surface area contributed by atoms with E-state index in [-0.39, 0.29) is 11.8 Å². The predicted octanol–water partition coefficient (Wildman–Crippen LogP) is 4.51. The summed E-state index contributed by atoms with van der Waals surface area (Å²) in [5, 5.41) is 5.84. The largest absolute Gasteiger partial charge is 0.457 e. The minimum absolute atomic E-state index is 0.105. The fourth-order valence-electron chi connectivity index (χ4n) is 3.79. The fourth-order valence-corrected chi connectivity index (χ4v) is 3.79. The number of hydrogen-bond donors (Lipinski definition) is 2. The Morgan fingerprint density at radius 3 is 2.69 bits per heavy atom. The van der Waals surface area contributed by atoms with Crippen molar-refractivity contribution in [3.8, 4) is 11.3 Å². The number of carbonyl (C=O) groups is 2. The number of hydrogen-bond acceptors (Lipinski definition) is 4. The second kappa shape index (κ2) is 9.66. The van der Waals surface area contributed by atoms with E-state index in [2.05, 4.69) is 29.4 Å². The number of nitrogens with one attached hydrogen (secondary N) is 2. The van der Waals surface area contributed by atoms with Gasteiger partial charge in [-0.15, -0.1) is 0 Å². The second-order valence-electron chi connectivity index (χ2n) is 7.62. The van der Waals surface area contributed by atoms with Crippen molar-refractivity contribution in [1.29, 1.82) is 0 Å². The molecule has 2 N–H and O–H groups in total. The minimum Gasteiger partial charge on any atom is -0.457 e. The number of carbonyl (C=O) groups excluding carboxylic acids is 2. The lowest BCUT2D eigenvalue weighted by atomic mass is 10.1. The highest BCUT2D eigenvalue weighted by molar-refractivity contribution is 6.34. The zero-order valence-corrected chi connectivity index (χ0v) is 18.4. The van der Waals surface area contributed by atoms with Crippen LogP contribution < -0.4 is 10.6 Å². The van der Waals surface area contributed by atoms with Crippen LogP contribution in [0.1, 0.15) is 35.5 Å². The quantitative estimate of drug-likeness (QED) is 0.517. The molecule has 4 rings (SSSR count). The molecule has 0 saturated heterocycles. The lowest BCUT2D eigenvalue weighted by molar-refractivity contribution is -0.110. The van der Waals surface area contributed by atoms with E-state index in [0.29, 0.717) is 29.2 Å². The van der Waals surface area contributed by atoms with Crippen LogP contribution in [0.2, 0.25) is 0 Å². The van der Waals surface area contributed by atoms with E-state index >= 15 is 0 Å². The molecule has 0 bridgehead atoms. The summed E-state index contributed by atoms with van der Waals surface area (Å²) in [6, 6.07) is 18.6. The highest BCUT2D eigenvalue weighted by Crippen LogP contribution is 2.33. The van der Waals surface area contributed by atoms with Crippen LogP contribution in [0, 0.1) is 0 Å². The number of likely N-dealkylation sites (N-methyl/N-ethyl adjacent to an activating group) is 1. The highest BCUT2D eigenvalue weighted by atomic mass is 16.3.